The van der Waals surface area contributed by atoms with E-state index in [-0.39, 0.29) is 5.82 Å². The fraction of sp³-hybridized carbons (Fsp3) is 0.158. The van der Waals surface area contributed by atoms with E-state index >= 15 is 0 Å². The third kappa shape index (κ3) is 3.34. The molecule has 4 rings (SSSR count). The van der Waals surface area contributed by atoms with Crippen LogP contribution in [-0.2, 0) is 6.42 Å². The molecule has 0 unspecified atom stereocenters. The van der Waals surface area contributed by atoms with Crippen LogP contribution in [0.1, 0.15) is 29.3 Å². The molecule has 0 bridgehead atoms. The molecule has 2 heterocycles. The van der Waals surface area contributed by atoms with Crippen LogP contribution < -0.4 is 5.32 Å². The Hall–Kier alpha value is -2.90. The minimum absolute atomic E-state index is 0.0154. The monoisotopic (exact) mass is 415 g/mol. The molecule has 0 fully saturated rings. The lowest BCUT2D eigenvalue weighted by Gasteiger charge is -2.08. The Morgan fingerprint density at radius 1 is 1.18 bits per heavy atom. The Morgan fingerprint density at radius 2 is 1.93 bits per heavy atom. The molecule has 142 valence electrons. The molecule has 0 radical (unpaired) electrons. The average molecular weight is 416 g/mol. The number of fused-ring (bicyclic) bond motifs is 1. The van der Waals surface area contributed by atoms with Gasteiger partial charge in [-0.25, -0.2) is 14.6 Å². The number of carbonyl (C=O) groups is 1. The Bertz CT molecular complexity index is 1180. The topological polar surface area (TPSA) is 85.8 Å². The van der Waals surface area contributed by atoms with Gasteiger partial charge in [0, 0.05) is 25.1 Å². The van der Waals surface area contributed by atoms with E-state index in [2.05, 4.69) is 20.4 Å². The van der Waals surface area contributed by atoms with Crippen molar-refractivity contribution in [1.29, 1.82) is 0 Å². The van der Waals surface area contributed by atoms with Crippen LogP contribution in [0, 0.1) is 6.92 Å². The molecular formula is C19H15Cl2N5O2. The van der Waals surface area contributed by atoms with E-state index in [0.717, 1.165) is 5.52 Å². The van der Waals surface area contributed by atoms with Crippen molar-refractivity contribution in [3.8, 4) is 5.69 Å². The third-order valence-electron chi connectivity index (χ3n) is 4.10. The zero-order chi connectivity index (χ0) is 19.8. The number of oxazole rings is 1. The number of aryl methyl sites for hydroxylation is 2. The van der Waals surface area contributed by atoms with Crippen LogP contribution >= 0.6 is 23.2 Å². The summed E-state index contributed by atoms with van der Waals surface area (Å²) in [7, 11) is 0. The molecule has 1 amide bonds. The minimum Gasteiger partial charge on any atom is -0.441 e. The highest BCUT2D eigenvalue weighted by molar-refractivity contribution is 6.37. The van der Waals surface area contributed by atoms with E-state index in [4.69, 9.17) is 27.6 Å². The summed E-state index contributed by atoms with van der Waals surface area (Å²) in [4.78, 5) is 21.2. The molecule has 0 aliphatic carbocycles. The van der Waals surface area contributed by atoms with Gasteiger partial charge in [0.25, 0.3) is 5.91 Å². The molecule has 0 spiro atoms. The first-order valence-electron chi connectivity index (χ1n) is 8.55. The van der Waals surface area contributed by atoms with E-state index in [0.29, 0.717) is 45.1 Å². The molecule has 7 nitrogen and oxygen atoms in total. The zero-order valence-electron chi connectivity index (χ0n) is 15.0. The van der Waals surface area contributed by atoms with Crippen LogP contribution in [-0.4, -0.2) is 25.7 Å². The van der Waals surface area contributed by atoms with Gasteiger partial charge in [0.15, 0.2) is 11.5 Å². The fourth-order valence-electron chi connectivity index (χ4n) is 2.84. The highest BCUT2D eigenvalue weighted by atomic mass is 35.5. The number of nitrogens with one attached hydrogen (secondary N) is 1. The average Bonchev–Trinajstić information content (AvgIpc) is 3.24. The number of rotatable bonds is 4. The van der Waals surface area contributed by atoms with Crippen molar-refractivity contribution in [3.05, 3.63) is 64.0 Å². The Kier molecular flexibility index (Phi) is 4.78. The van der Waals surface area contributed by atoms with E-state index in [1.165, 1.54) is 4.68 Å². The number of halogens is 2. The molecule has 28 heavy (non-hydrogen) atoms. The summed E-state index contributed by atoms with van der Waals surface area (Å²) in [6.07, 6.45) is 0.547. The Labute approximate surface area is 170 Å². The fourth-order valence-corrected chi connectivity index (χ4v) is 3.40. The summed E-state index contributed by atoms with van der Waals surface area (Å²) in [6.45, 7) is 3.67. The van der Waals surface area contributed by atoms with Gasteiger partial charge in [0.1, 0.15) is 17.0 Å². The van der Waals surface area contributed by atoms with Crippen LogP contribution in [0.4, 0.5) is 5.69 Å². The van der Waals surface area contributed by atoms with E-state index in [1.807, 2.05) is 6.92 Å². The molecule has 2 aromatic heterocycles. The minimum atomic E-state index is -0.452. The van der Waals surface area contributed by atoms with Crippen molar-refractivity contribution in [3.63, 3.8) is 0 Å². The van der Waals surface area contributed by atoms with Gasteiger partial charge in [-0.15, -0.1) is 5.10 Å². The van der Waals surface area contributed by atoms with Crippen LogP contribution in [0.15, 0.2) is 40.8 Å². The number of benzene rings is 2. The van der Waals surface area contributed by atoms with E-state index in [9.17, 15) is 4.79 Å². The normalized spacial score (nSPS) is 11.1. The Morgan fingerprint density at radius 3 is 2.64 bits per heavy atom. The SMILES string of the molecule is CCc1nc(C(=O)Nc2ccc3nc(C)oc3c2)nn1-c1c(Cl)cccc1Cl. The van der Waals surface area contributed by atoms with Crippen molar-refractivity contribution >= 4 is 45.9 Å². The van der Waals surface area contributed by atoms with Gasteiger partial charge in [-0.2, -0.15) is 0 Å². The highest BCUT2D eigenvalue weighted by Crippen LogP contribution is 2.29. The highest BCUT2D eigenvalue weighted by Gasteiger charge is 2.20. The van der Waals surface area contributed by atoms with Gasteiger partial charge in [0.05, 0.1) is 10.0 Å². The quantitative estimate of drug-likeness (QED) is 0.515. The standard InChI is InChI=1S/C19H15Cl2N5O2/c1-3-16-24-18(25-26(16)17-12(20)5-4-6-13(17)21)19(27)23-11-7-8-14-15(9-11)28-10(2)22-14/h4-9H,3H2,1-2H3,(H,23,27). The maximum absolute atomic E-state index is 12.7. The first-order valence-corrected chi connectivity index (χ1v) is 9.30. The van der Waals surface area contributed by atoms with Crippen LogP contribution in [0.2, 0.25) is 10.0 Å². The predicted molar refractivity (Wildman–Crippen MR) is 107 cm³/mol. The van der Waals surface area contributed by atoms with Crippen molar-refractivity contribution in [2.45, 2.75) is 20.3 Å². The second kappa shape index (κ2) is 7.26. The number of hydrogen-bond acceptors (Lipinski definition) is 5. The summed E-state index contributed by atoms with van der Waals surface area (Å²) in [5, 5.41) is 7.94. The molecule has 0 saturated heterocycles. The van der Waals surface area contributed by atoms with Gasteiger partial charge in [-0.05, 0) is 24.3 Å². The molecule has 9 heteroatoms. The second-order valence-corrected chi connectivity index (χ2v) is 6.87. The van der Waals surface area contributed by atoms with Crippen molar-refractivity contribution < 1.29 is 9.21 Å². The van der Waals surface area contributed by atoms with E-state index in [1.54, 1.807) is 43.3 Å². The zero-order valence-corrected chi connectivity index (χ0v) is 16.5. The lowest BCUT2D eigenvalue weighted by molar-refractivity contribution is 0.101. The largest absolute Gasteiger partial charge is 0.441 e. The summed E-state index contributed by atoms with van der Waals surface area (Å²) < 4.78 is 7.00. The van der Waals surface area contributed by atoms with Crippen molar-refractivity contribution in [1.82, 2.24) is 19.7 Å². The van der Waals surface area contributed by atoms with Crippen molar-refractivity contribution in [2.24, 2.45) is 0 Å². The summed E-state index contributed by atoms with van der Waals surface area (Å²) in [6, 6.07) is 10.4. The lowest BCUT2D eigenvalue weighted by atomic mass is 10.3. The first kappa shape index (κ1) is 18.5. The van der Waals surface area contributed by atoms with Gasteiger partial charge in [-0.1, -0.05) is 36.2 Å². The van der Waals surface area contributed by atoms with Gasteiger partial charge in [0.2, 0.25) is 5.82 Å². The molecule has 4 aromatic rings. The number of hydrogen-bond donors (Lipinski definition) is 1. The summed E-state index contributed by atoms with van der Waals surface area (Å²) in [5.41, 5.74) is 2.36. The lowest BCUT2D eigenvalue weighted by Crippen LogP contribution is -2.14. The summed E-state index contributed by atoms with van der Waals surface area (Å²) in [5.74, 6) is 0.693. The Balaban J connectivity index is 1.67. The van der Waals surface area contributed by atoms with E-state index < -0.39 is 5.91 Å². The molecule has 2 aromatic carbocycles. The maximum atomic E-state index is 12.7. The maximum Gasteiger partial charge on any atom is 0.295 e. The van der Waals surface area contributed by atoms with Crippen molar-refractivity contribution in [2.75, 3.05) is 5.32 Å². The van der Waals surface area contributed by atoms with Crippen LogP contribution in [0.25, 0.3) is 16.8 Å². The molecular weight excluding hydrogens is 401 g/mol. The van der Waals surface area contributed by atoms with Gasteiger partial charge < -0.3 is 9.73 Å². The molecule has 0 atom stereocenters. The number of aromatic nitrogens is 4. The predicted octanol–water partition coefficient (Wildman–Crippen LogP) is 4.84. The molecule has 0 aliphatic heterocycles. The van der Waals surface area contributed by atoms with Crippen LogP contribution in [0.3, 0.4) is 0 Å². The molecule has 1 N–H and O–H groups in total. The number of amides is 1. The number of para-hydroxylation sites is 1. The smallest absolute Gasteiger partial charge is 0.295 e. The first-order chi connectivity index (χ1) is 13.5. The number of nitrogens with zero attached hydrogens (tertiary/aromatic N) is 4. The molecule has 0 saturated carbocycles. The second-order valence-electron chi connectivity index (χ2n) is 6.06. The van der Waals surface area contributed by atoms with Crippen LogP contribution in [0.5, 0.6) is 0 Å². The summed E-state index contributed by atoms with van der Waals surface area (Å²) >= 11 is 12.6. The third-order valence-corrected chi connectivity index (χ3v) is 4.71. The number of carbonyl (C=O) groups excluding carboxylic acids is 1. The van der Waals surface area contributed by atoms with Gasteiger partial charge in [-0.3, -0.25) is 4.79 Å². The number of anilines is 1. The molecule has 0 aliphatic rings. The van der Waals surface area contributed by atoms with Gasteiger partial charge >= 0.3 is 0 Å².